The SMILES string of the molecule is CN(C)C(=O)COC1CCOC2(CCN(C(=O)C3CCC3)CC2)C1. The molecule has 0 aromatic heterocycles. The van der Waals surface area contributed by atoms with Crippen LogP contribution in [-0.2, 0) is 19.1 Å². The van der Waals surface area contributed by atoms with Crippen LogP contribution in [0, 0.1) is 5.92 Å². The molecule has 3 aliphatic rings. The van der Waals surface area contributed by atoms with Crippen LogP contribution in [0.25, 0.3) is 0 Å². The Morgan fingerprint density at radius 3 is 2.50 bits per heavy atom. The van der Waals surface area contributed by atoms with E-state index >= 15 is 0 Å². The number of hydrogen-bond donors (Lipinski definition) is 0. The van der Waals surface area contributed by atoms with Crippen LogP contribution < -0.4 is 0 Å². The van der Waals surface area contributed by atoms with Gasteiger partial charge in [-0.2, -0.15) is 0 Å². The Kier molecular flexibility index (Phi) is 5.45. The van der Waals surface area contributed by atoms with Gasteiger partial charge in [0, 0.05) is 46.1 Å². The van der Waals surface area contributed by atoms with Crippen molar-refractivity contribution in [3.05, 3.63) is 0 Å². The van der Waals surface area contributed by atoms with Gasteiger partial charge in [-0.05, 0) is 32.1 Å². The highest BCUT2D eigenvalue weighted by Gasteiger charge is 2.42. The van der Waals surface area contributed by atoms with Crippen LogP contribution in [0.4, 0.5) is 0 Å². The van der Waals surface area contributed by atoms with E-state index in [0.29, 0.717) is 12.5 Å². The van der Waals surface area contributed by atoms with Gasteiger partial charge in [0.1, 0.15) is 6.61 Å². The van der Waals surface area contributed by atoms with Crippen molar-refractivity contribution in [2.75, 3.05) is 40.4 Å². The fourth-order valence-corrected chi connectivity index (χ4v) is 3.84. The monoisotopic (exact) mass is 338 g/mol. The molecule has 0 aromatic carbocycles. The zero-order valence-electron chi connectivity index (χ0n) is 15.0. The molecule has 1 spiro atoms. The summed E-state index contributed by atoms with van der Waals surface area (Å²) < 4.78 is 11.9. The number of piperidine rings is 1. The molecule has 1 saturated carbocycles. The molecule has 2 aliphatic heterocycles. The number of nitrogens with zero attached hydrogens (tertiary/aromatic N) is 2. The highest BCUT2D eigenvalue weighted by molar-refractivity contribution is 5.79. The molecule has 24 heavy (non-hydrogen) atoms. The largest absolute Gasteiger partial charge is 0.375 e. The second-order valence-corrected chi connectivity index (χ2v) is 7.70. The molecule has 2 saturated heterocycles. The van der Waals surface area contributed by atoms with Crippen molar-refractivity contribution >= 4 is 11.8 Å². The predicted molar refractivity (Wildman–Crippen MR) is 89.5 cm³/mol. The molecule has 0 aromatic rings. The van der Waals surface area contributed by atoms with Crippen molar-refractivity contribution < 1.29 is 19.1 Å². The van der Waals surface area contributed by atoms with Crippen LogP contribution >= 0.6 is 0 Å². The van der Waals surface area contributed by atoms with Gasteiger partial charge in [0.05, 0.1) is 11.7 Å². The van der Waals surface area contributed by atoms with E-state index in [1.165, 1.54) is 6.42 Å². The van der Waals surface area contributed by atoms with E-state index in [1.54, 1.807) is 19.0 Å². The normalized spacial score (nSPS) is 26.9. The standard InChI is InChI=1S/C18H30N2O4/c1-19(2)16(21)13-23-15-6-11-24-18(12-15)7-9-20(10-8-18)17(22)14-4-3-5-14/h14-15H,3-13H2,1-2H3. The Morgan fingerprint density at radius 1 is 1.21 bits per heavy atom. The van der Waals surface area contributed by atoms with Crippen molar-refractivity contribution in [2.45, 2.75) is 56.7 Å². The number of hydrogen-bond acceptors (Lipinski definition) is 4. The van der Waals surface area contributed by atoms with Crippen LogP contribution in [0.1, 0.15) is 44.9 Å². The maximum absolute atomic E-state index is 12.4. The van der Waals surface area contributed by atoms with Crippen LogP contribution in [0.2, 0.25) is 0 Å². The van der Waals surface area contributed by atoms with Crippen molar-refractivity contribution in [3.63, 3.8) is 0 Å². The fourth-order valence-electron chi connectivity index (χ4n) is 3.84. The van der Waals surface area contributed by atoms with Crippen molar-refractivity contribution in [3.8, 4) is 0 Å². The van der Waals surface area contributed by atoms with Crippen LogP contribution in [0.5, 0.6) is 0 Å². The average molecular weight is 338 g/mol. The van der Waals surface area contributed by atoms with E-state index in [0.717, 1.165) is 51.6 Å². The minimum Gasteiger partial charge on any atom is -0.375 e. The van der Waals surface area contributed by atoms with Gasteiger partial charge in [-0.3, -0.25) is 9.59 Å². The van der Waals surface area contributed by atoms with Gasteiger partial charge in [0.15, 0.2) is 0 Å². The third-order valence-corrected chi connectivity index (χ3v) is 5.83. The Hall–Kier alpha value is -1.14. The number of carbonyl (C=O) groups is 2. The summed E-state index contributed by atoms with van der Waals surface area (Å²) in [6.45, 7) is 2.40. The first-order chi connectivity index (χ1) is 11.5. The summed E-state index contributed by atoms with van der Waals surface area (Å²) in [7, 11) is 3.48. The van der Waals surface area contributed by atoms with E-state index in [-0.39, 0.29) is 30.1 Å². The minimum absolute atomic E-state index is 0.00328. The Bertz CT molecular complexity index is 468. The summed E-state index contributed by atoms with van der Waals surface area (Å²) >= 11 is 0. The highest BCUT2D eigenvalue weighted by Crippen LogP contribution is 2.37. The van der Waals surface area contributed by atoms with Gasteiger partial charge < -0.3 is 19.3 Å². The first kappa shape index (κ1) is 17.7. The lowest BCUT2D eigenvalue weighted by atomic mass is 9.81. The van der Waals surface area contributed by atoms with Gasteiger partial charge >= 0.3 is 0 Å². The number of likely N-dealkylation sites (N-methyl/N-ethyl adjacent to an activating group) is 1. The summed E-state index contributed by atoms with van der Waals surface area (Å²) in [5.41, 5.74) is -0.166. The van der Waals surface area contributed by atoms with Crippen LogP contribution in [0.15, 0.2) is 0 Å². The van der Waals surface area contributed by atoms with Gasteiger partial charge in [0.25, 0.3) is 0 Å². The lowest BCUT2D eigenvalue weighted by molar-refractivity contribution is -0.168. The van der Waals surface area contributed by atoms with Crippen molar-refractivity contribution in [1.29, 1.82) is 0 Å². The van der Waals surface area contributed by atoms with E-state index < -0.39 is 0 Å². The Morgan fingerprint density at radius 2 is 1.92 bits per heavy atom. The lowest BCUT2D eigenvalue weighted by Crippen LogP contribution is -2.53. The molecule has 136 valence electrons. The summed E-state index contributed by atoms with van der Waals surface area (Å²) in [6, 6.07) is 0. The first-order valence-electron chi connectivity index (χ1n) is 9.24. The Labute approximate surface area is 144 Å². The zero-order chi connectivity index (χ0) is 17.2. The number of ether oxygens (including phenoxy) is 2. The maximum Gasteiger partial charge on any atom is 0.248 e. The predicted octanol–water partition coefficient (Wildman–Crippen LogP) is 1.43. The smallest absolute Gasteiger partial charge is 0.248 e. The quantitative estimate of drug-likeness (QED) is 0.778. The lowest BCUT2D eigenvalue weighted by Gasteiger charge is -2.47. The van der Waals surface area contributed by atoms with Crippen LogP contribution in [0.3, 0.4) is 0 Å². The summed E-state index contributed by atoms with van der Waals surface area (Å²) in [6.07, 6.45) is 6.84. The second-order valence-electron chi connectivity index (χ2n) is 7.70. The molecule has 1 aliphatic carbocycles. The van der Waals surface area contributed by atoms with Gasteiger partial charge in [-0.15, -0.1) is 0 Å². The summed E-state index contributed by atoms with van der Waals surface area (Å²) in [5, 5.41) is 0. The van der Waals surface area contributed by atoms with E-state index in [2.05, 4.69) is 0 Å². The van der Waals surface area contributed by atoms with E-state index in [4.69, 9.17) is 9.47 Å². The van der Waals surface area contributed by atoms with E-state index in [9.17, 15) is 9.59 Å². The highest BCUT2D eigenvalue weighted by atomic mass is 16.5. The number of rotatable bonds is 4. The number of amides is 2. The van der Waals surface area contributed by atoms with E-state index in [1.807, 2.05) is 4.90 Å². The van der Waals surface area contributed by atoms with Gasteiger partial charge in [0.2, 0.25) is 11.8 Å². The minimum atomic E-state index is -0.166. The summed E-state index contributed by atoms with van der Waals surface area (Å²) in [4.78, 5) is 27.7. The molecule has 1 atom stereocenters. The molecule has 3 fully saturated rings. The molecule has 0 bridgehead atoms. The topological polar surface area (TPSA) is 59.1 Å². The maximum atomic E-state index is 12.4. The molecule has 6 heteroatoms. The zero-order valence-corrected chi connectivity index (χ0v) is 15.0. The van der Waals surface area contributed by atoms with Crippen LogP contribution in [-0.4, -0.2) is 73.7 Å². The van der Waals surface area contributed by atoms with Crippen molar-refractivity contribution in [2.24, 2.45) is 5.92 Å². The second kappa shape index (κ2) is 7.40. The molecule has 6 nitrogen and oxygen atoms in total. The molecule has 2 heterocycles. The molecule has 2 amide bonds. The third kappa shape index (κ3) is 3.91. The molecule has 1 unspecified atom stereocenters. The first-order valence-corrected chi connectivity index (χ1v) is 9.24. The number of likely N-dealkylation sites (tertiary alicyclic amines) is 1. The molecule has 3 rings (SSSR count). The van der Waals surface area contributed by atoms with Gasteiger partial charge in [-0.1, -0.05) is 6.42 Å². The van der Waals surface area contributed by atoms with Crippen molar-refractivity contribution in [1.82, 2.24) is 9.80 Å². The summed E-state index contributed by atoms with van der Waals surface area (Å²) in [5.74, 6) is 0.618. The fraction of sp³-hybridized carbons (Fsp3) is 0.889. The molecular formula is C18H30N2O4. The molecule has 0 N–H and O–H groups in total. The third-order valence-electron chi connectivity index (χ3n) is 5.83. The number of carbonyl (C=O) groups excluding carboxylic acids is 2. The molecular weight excluding hydrogens is 308 g/mol. The average Bonchev–Trinajstić information content (AvgIpc) is 2.51. The molecule has 0 radical (unpaired) electrons. The van der Waals surface area contributed by atoms with Gasteiger partial charge in [-0.25, -0.2) is 0 Å². The Balaban J connectivity index is 1.47.